The number of hydrogen-bond acceptors (Lipinski definition) is 4. The molecule has 0 aliphatic rings. The third-order valence-electron chi connectivity index (χ3n) is 4.94. The van der Waals surface area contributed by atoms with Crippen LogP contribution < -0.4 is 9.47 Å². The van der Waals surface area contributed by atoms with Crippen molar-refractivity contribution in [1.29, 1.82) is 0 Å². The van der Waals surface area contributed by atoms with Gasteiger partial charge in [0.1, 0.15) is 18.1 Å². The molecule has 0 unspecified atom stereocenters. The molecule has 3 rings (SSSR count). The predicted octanol–water partition coefficient (Wildman–Crippen LogP) is 7.45. The standard InChI is InChI=1S/C26H27ClO3S/c1-5-6-22-9-12-25(31-22)23(28)10-7-19-8-11-24(29-4)20(15-19)16-30-21-13-17(2)26(27)18(3)14-21/h7-15H,5-6,16H2,1-4H3/b10-7+. The molecule has 31 heavy (non-hydrogen) atoms. The molecule has 0 saturated carbocycles. The zero-order valence-electron chi connectivity index (χ0n) is 18.3. The van der Waals surface area contributed by atoms with E-state index < -0.39 is 0 Å². The lowest BCUT2D eigenvalue weighted by Crippen LogP contribution is -2.00. The minimum absolute atomic E-state index is 0.0214. The van der Waals surface area contributed by atoms with Crippen molar-refractivity contribution in [3.05, 3.63) is 85.6 Å². The highest BCUT2D eigenvalue weighted by Gasteiger charge is 2.09. The number of ether oxygens (including phenoxy) is 2. The molecule has 0 fully saturated rings. The van der Waals surface area contributed by atoms with Crippen LogP contribution in [-0.2, 0) is 13.0 Å². The van der Waals surface area contributed by atoms with Crippen LogP contribution in [0, 0.1) is 13.8 Å². The highest BCUT2D eigenvalue weighted by molar-refractivity contribution is 7.14. The van der Waals surface area contributed by atoms with Gasteiger partial charge in [0.25, 0.3) is 0 Å². The van der Waals surface area contributed by atoms with Crippen molar-refractivity contribution in [2.45, 2.75) is 40.2 Å². The highest BCUT2D eigenvalue weighted by atomic mass is 35.5. The quantitative estimate of drug-likeness (QED) is 0.248. The molecule has 2 aromatic carbocycles. The fourth-order valence-electron chi connectivity index (χ4n) is 3.31. The summed E-state index contributed by atoms with van der Waals surface area (Å²) in [5.41, 5.74) is 3.79. The molecular weight excluding hydrogens is 428 g/mol. The van der Waals surface area contributed by atoms with Gasteiger partial charge in [0.2, 0.25) is 0 Å². The fourth-order valence-corrected chi connectivity index (χ4v) is 4.45. The van der Waals surface area contributed by atoms with Gasteiger partial charge in [-0.15, -0.1) is 11.3 Å². The van der Waals surface area contributed by atoms with E-state index in [0.29, 0.717) is 6.61 Å². The average molecular weight is 455 g/mol. The summed E-state index contributed by atoms with van der Waals surface area (Å²) in [6.07, 6.45) is 5.55. The van der Waals surface area contributed by atoms with Crippen LogP contribution >= 0.6 is 22.9 Å². The van der Waals surface area contributed by atoms with E-state index in [-0.39, 0.29) is 5.78 Å². The third-order valence-corrected chi connectivity index (χ3v) is 6.69. The zero-order valence-corrected chi connectivity index (χ0v) is 19.9. The van der Waals surface area contributed by atoms with E-state index in [1.54, 1.807) is 24.5 Å². The van der Waals surface area contributed by atoms with Crippen molar-refractivity contribution < 1.29 is 14.3 Å². The largest absolute Gasteiger partial charge is 0.496 e. The Bertz CT molecular complexity index is 1070. The van der Waals surface area contributed by atoms with E-state index in [1.165, 1.54) is 4.88 Å². The predicted molar refractivity (Wildman–Crippen MR) is 130 cm³/mol. The minimum Gasteiger partial charge on any atom is -0.496 e. The monoisotopic (exact) mass is 454 g/mol. The summed E-state index contributed by atoms with van der Waals surface area (Å²) in [5.74, 6) is 1.53. The maximum atomic E-state index is 12.5. The molecule has 0 amide bonds. The van der Waals surface area contributed by atoms with Gasteiger partial charge >= 0.3 is 0 Å². The molecule has 1 heterocycles. The molecule has 1 aromatic heterocycles. The number of rotatable bonds is 9. The lowest BCUT2D eigenvalue weighted by atomic mass is 10.1. The molecule has 0 radical (unpaired) electrons. The normalized spacial score (nSPS) is 11.1. The molecular formula is C26H27ClO3S. The first-order valence-corrected chi connectivity index (χ1v) is 11.5. The number of hydrogen-bond donors (Lipinski definition) is 0. The van der Waals surface area contributed by atoms with Crippen molar-refractivity contribution in [1.82, 2.24) is 0 Å². The summed E-state index contributed by atoms with van der Waals surface area (Å²) in [5, 5.41) is 0.759. The van der Waals surface area contributed by atoms with Crippen molar-refractivity contribution in [3.8, 4) is 11.5 Å². The summed E-state index contributed by atoms with van der Waals surface area (Å²) in [7, 11) is 1.64. The van der Waals surface area contributed by atoms with Crippen LogP contribution in [0.25, 0.3) is 6.08 Å². The summed E-state index contributed by atoms with van der Waals surface area (Å²) in [6.45, 7) is 6.42. The molecule has 0 aliphatic heterocycles. The Kier molecular flexibility index (Phi) is 7.94. The first kappa shape index (κ1) is 23.1. The second-order valence-corrected chi connectivity index (χ2v) is 8.99. The summed E-state index contributed by atoms with van der Waals surface area (Å²) >= 11 is 7.82. The fraction of sp³-hybridized carbons (Fsp3) is 0.269. The minimum atomic E-state index is 0.0214. The Morgan fingerprint density at radius 2 is 1.84 bits per heavy atom. The third kappa shape index (κ3) is 5.99. The second kappa shape index (κ2) is 10.7. The van der Waals surface area contributed by atoms with Crippen LogP contribution in [0.2, 0.25) is 5.02 Å². The van der Waals surface area contributed by atoms with Crippen molar-refractivity contribution >= 4 is 34.8 Å². The van der Waals surface area contributed by atoms with E-state index in [4.69, 9.17) is 21.1 Å². The number of allylic oxidation sites excluding steroid dienone is 1. The van der Waals surface area contributed by atoms with Crippen LogP contribution in [0.1, 0.15) is 50.1 Å². The van der Waals surface area contributed by atoms with E-state index in [0.717, 1.165) is 56.5 Å². The molecule has 0 saturated heterocycles. The highest BCUT2D eigenvalue weighted by Crippen LogP contribution is 2.28. The smallest absolute Gasteiger partial charge is 0.195 e. The first-order valence-electron chi connectivity index (χ1n) is 10.3. The number of benzene rings is 2. The molecule has 3 aromatic rings. The molecule has 3 nitrogen and oxygen atoms in total. The van der Waals surface area contributed by atoms with Crippen molar-refractivity contribution in [2.75, 3.05) is 7.11 Å². The topological polar surface area (TPSA) is 35.5 Å². The number of methoxy groups -OCH3 is 1. The van der Waals surface area contributed by atoms with Crippen LogP contribution in [0.3, 0.4) is 0 Å². The summed E-state index contributed by atoms with van der Waals surface area (Å²) < 4.78 is 11.5. The Morgan fingerprint density at radius 3 is 2.52 bits per heavy atom. The number of ketones is 1. The van der Waals surface area contributed by atoms with E-state index >= 15 is 0 Å². The van der Waals surface area contributed by atoms with E-state index in [2.05, 4.69) is 6.92 Å². The van der Waals surface area contributed by atoms with E-state index in [1.807, 2.05) is 62.4 Å². The van der Waals surface area contributed by atoms with Crippen LogP contribution in [-0.4, -0.2) is 12.9 Å². The van der Waals surface area contributed by atoms with Gasteiger partial charge in [0.15, 0.2) is 5.78 Å². The van der Waals surface area contributed by atoms with Gasteiger partial charge in [-0.25, -0.2) is 0 Å². The van der Waals surface area contributed by atoms with Gasteiger partial charge in [-0.3, -0.25) is 4.79 Å². The number of carbonyl (C=O) groups excluding carboxylic acids is 1. The van der Waals surface area contributed by atoms with Gasteiger partial charge in [0.05, 0.1) is 12.0 Å². The summed E-state index contributed by atoms with van der Waals surface area (Å²) in [4.78, 5) is 14.5. The maximum absolute atomic E-state index is 12.5. The lowest BCUT2D eigenvalue weighted by molar-refractivity contribution is 0.105. The number of aryl methyl sites for hydroxylation is 3. The Labute approximate surface area is 193 Å². The van der Waals surface area contributed by atoms with Crippen LogP contribution in [0.15, 0.2) is 48.5 Å². The molecule has 0 bridgehead atoms. The van der Waals surface area contributed by atoms with Crippen molar-refractivity contribution in [2.24, 2.45) is 0 Å². The van der Waals surface area contributed by atoms with Crippen LogP contribution in [0.5, 0.6) is 11.5 Å². The summed E-state index contributed by atoms with van der Waals surface area (Å²) in [6, 6.07) is 13.6. The molecule has 0 aliphatic carbocycles. The SMILES string of the molecule is CCCc1ccc(C(=O)/C=C/c2ccc(OC)c(COc3cc(C)c(Cl)c(C)c3)c2)s1. The van der Waals surface area contributed by atoms with Gasteiger partial charge in [0, 0.05) is 15.5 Å². The molecule has 5 heteroatoms. The Morgan fingerprint density at radius 1 is 1.10 bits per heavy atom. The number of carbonyl (C=O) groups is 1. The van der Waals surface area contributed by atoms with Gasteiger partial charge < -0.3 is 9.47 Å². The molecule has 0 N–H and O–H groups in total. The zero-order chi connectivity index (χ0) is 22.4. The van der Waals surface area contributed by atoms with Crippen LogP contribution in [0.4, 0.5) is 0 Å². The van der Waals surface area contributed by atoms with Gasteiger partial charge in [-0.05, 0) is 79.4 Å². The van der Waals surface area contributed by atoms with Gasteiger partial charge in [-0.1, -0.05) is 37.1 Å². The number of thiophene rings is 1. The average Bonchev–Trinajstić information content (AvgIpc) is 3.23. The molecule has 0 atom stereocenters. The molecule has 0 spiro atoms. The van der Waals surface area contributed by atoms with E-state index in [9.17, 15) is 4.79 Å². The Balaban J connectivity index is 1.73. The number of halogens is 1. The van der Waals surface area contributed by atoms with Gasteiger partial charge in [-0.2, -0.15) is 0 Å². The first-order chi connectivity index (χ1) is 14.9. The Hall–Kier alpha value is -2.56. The second-order valence-electron chi connectivity index (χ2n) is 7.44. The van der Waals surface area contributed by atoms with Crippen molar-refractivity contribution in [3.63, 3.8) is 0 Å². The lowest BCUT2D eigenvalue weighted by Gasteiger charge is -2.13. The maximum Gasteiger partial charge on any atom is 0.195 e. The molecule has 162 valence electrons.